The first-order valence-corrected chi connectivity index (χ1v) is 10.6. The fraction of sp³-hybridized carbons (Fsp3) is 0.409. The van der Waals surface area contributed by atoms with Crippen molar-refractivity contribution in [2.24, 2.45) is 10.1 Å². The van der Waals surface area contributed by atoms with Crippen molar-refractivity contribution in [3.63, 3.8) is 0 Å². The summed E-state index contributed by atoms with van der Waals surface area (Å²) in [6.45, 7) is 3.58. The predicted octanol–water partition coefficient (Wildman–Crippen LogP) is 3.38. The number of aromatic nitrogens is 1. The van der Waals surface area contributed by atoms with Crippen LogP contribution in [0.1, 0.15) is 23.1 Å². The van der Waals surface area contributed by atoms with E-state index in [1.165, 1.54) is 6.07 Å². The number of hydrogen-bond acceptors (Lipinski definition) is 6. The van der Waals surface area contributed by atoms with Gasteiger partial charge in [-0.1, -0.05) is 22.8 Å². The molecule has 1 unspecified atom stereocenters. The number of likely N-dealkylation sites (tertiary alicyclic amines) is 1. The molecule has 2 N–H and O–H groups in total. The molecule has 0 saturated carbocycles. The molecule has 31 heavy (non-hydrogen) atoms. The minimum Gasteiger partial charge on any atom is -0.411 e. The summed E-state index contributed by atoms with van der Waals surface area (Å²) in [5.74, 6) is 1.12. The lowest BCUT2D eigenvalue weighted by Gasteiger charge is -2.13. The van der Waals surface area contributed by atoms with Crippen molar-refractivity contribution in [2.45, 2.75) is 25.3 Å². The van der Waals surface area contributed by atoms with Crippen molar-refractivity contribution in [2.75, 3.05) is 38.7 Å². The highest BCUT2D eigenvalue weighted by Crippen LogP contribution is 2.27. The van der Waals surface area contributed by atoms with Gasteiger partial charge in [0.25, 0.3) is 0 Å². The number of fused-ring (bicyclic) bond motifs is 1. The van der Waals surface area contributed by atoms with Gasteiger partial charge in [-0.05, 0) is 30.2 Å². The Morgan fingerprint density at radius 2 is 2.29 bits per heavy atom. The van der Waals surface area contributed by atoms with Crippen molar-refractivity contribution < 1.29 is 14.3 Å². The second-order valence-corrected chi connectivity index (χ2v) is 8.18. The molecule has 3 heterocycles. The summed E-state index contributed by atoms with van der Waals surface area (Å²) in [5, 5.41) is 16.6. The van der Waals surface area contributed by atoms with Crippen LogP contribution < -0.4 is 5.32 Å². The van der Waals surface area contributed by atoms with Gasteiger partial charge in [0.05, 0.1) is 23.4 Å². The number of pyridine rings is 1. The van der Waals surface area contributed by atoms with Gasteiger partial charge in [0.1, 0.15) is 17.5 Å². The summed E-state index contributed by atoms with van der Waals surface area (Å²) in [4.78, 5) is 11.7. The smallest absolute Gasteiger partial charge is 0.141 e. The largest absolute Gasteiger partial charge is 0.411 e. The van der Waals surface area contributed by atoms with Crippen LogP contribution >= 0.6 is 11.6 Å². The monoisotopic (exact) mass is 445 g/mol. The Labute approximate surface area is 185 Å². The molecule has 4 rings (SSSR count). The lowest BCUT2D eigenvalue weighted by atomic mass is 9.98. The van der Waals surface area contributed by atoms with E-state index in [1.54, 1.807) is 25.4 Å². The van der Waals surface area contributed by atoms with Crippen LogP contribution in [0.2, 0.25) is 5.02 Å². The van der Waals surface area contributed by atoms with Gasteiger partial charge in [-0.15, -0.1) is 0 Å². The Morgan fingerprint density at radius 1 is 1.42 bits per heavy atom. The van der Waals surface area contributed by atoms with Gasteiger partial charge in [0.2, 0.25) is 0 Å². The summed E-state index contributed by atoms with van der Waals surface area (Å²) in [7, 11) is 1.71. The van der Waals surface area contributed by atoms with Crippen LogP contribution in [0.3, 0.4) is 0 Å². The molecule has 0 spiro atoms. The van der Waals surface area contributed by atoms with E-state index >= 15 is 0 Å². The second-order valence-electron chi connectivity index (χ2n) is 7.77. The Morgan fingerprint density at radius 3 is 3.06 bits per heavy atom. The molecule has 2 aliphatic rings. The van der Waals surface area contributed by atoms with Gasteiger partial charge in [-0.25, -0.2) is 9.37 Å². The van der Waals surface area contributed by atoms with Crippen LogP contribution in [0.15, 0.2) is 40.6 Å². The molecule has 1 fully saturated rings. The van der Waals surface area contributed by atoms with Crippen molar-refractivity contribution in [1.29, 1.82) is 0 Å². The maximum absolute atomic E-state index is 13.5. The molecule has 0 aliphatic carbocycles. The van der Waals surface area contributed by atoms with Gasteiger partial charge in [-0.3, -0.25) is 9.89 Å². The number of amidine groups is 1. The Kier molecular flexibility index (Phi) is 6.80. The predicted molar refractivity (Wildman–Crippen MR) is 119 cm³/mol. The maximum Gasteiger partial charge on any atom is 0.141 e. The van der Waals surface area contributed by atoms with E-state index in [4.69, 9.17) is 21.3 Å². The van der Waals surface area contributed by atoms with Crippen LogP contribution in [-0.4, -0.2) is 66.0 Å². The van der Waals surface area contributed by atoms with Crippen LogP contribution in [0, 0.1) is 5.82 Å². The van der Waals surface area contributed by atoms with Crippen molar-refractivity contribution >= 4 is 29.0 Å². The first-order chi connectivity index (χ1) is 15.1. The molecule has 1 saturated heterocycles. The van der Waals surface area contributed by atoms with Crippen molar-refractivity contribution in [3.05, 3.63) is 58.0 Å². The van der Waals surface area contributed by atoms with Crippen LogP contribution in [-0.2, 0) is 17.6 Å². The van der Waals surface area contributed by atoms with Crippen molar-refractivity contribution in [3.8, 4) is 0 Å². The number of ether oxygens (including phenoxy) is 1. The molecule has 1 aromatic heterocycles. The van der Waals surface area contributed by atoms with E-state index in [0.717, 1.165) is 61.0 Å². The fourth-order valence-corrected chi connectivity index (χ4v) is 4.27. The van der Waals surface area contributed by atoms with Crippen LogP contribution in [0.25, 0.3) is 0 Å². The average Bonchev–Trinajstić information content (AvgIpc) is 3.39. The first kappa shape index (κ1) is 21.7. The molecule has 1 atom stereocenters. The number of halogens is 2. The minimum absolute atomic E-state index is 0.0435. The Bertz CT molecular complexity index is 1010. The summed E-state index contributed by atoms with van der Waals surface area (Å²) < 4.78 is 18.6. The van der Waals surface area contributed by atoms with E-state index in [9.17, 15) is 9.60 Å². The molecule has 0 bridgehead atoms. The highest BCUT2D eigenvalue weighted by Gasteiger charge is 2.27. The molecule has 9 heteroatoms. The molecule has 0 amide bonds. The molecule has 7 nitrogen and oxygen atoms in total. The van der Waals surface area contributed by atoms with Gasteiger partial charge in [0.15, 0.2) is 0 Å². The number of aliphatic imine (C=N–C) groups is 1. The van der Waals surface area contributed by atoms with Gasteiger partial charge in [0, 0.05) is 56.9 Å². The number of rotatable bonds is 7. The molecule has 0 radical (unpaired) electrons. The second kappa shape index (κ2) is 9.72. The molecular formula is C22H25ClFN5O2. The molecule has 164 valence electrons. The zero-order valence-corrected chi connectivity index (χ0v) is 18.1. The highest BCUT2D eigenvalue weighted by atomic mass is 35.5. The van der Waals surface area contributed by atoms with Gasteiger partial charge >= 0.3 is 0 Å². The third-order valence-corrected chi connectivity index (χ3v) is 5.94. The Balaban J connectivity index is 1.49. The molecule has 1 aromatic carbocycles. The summed E-state index contributed by atoms with van der Waals surface area (Å²) in [6, 6.07) is 6.56. The van der Waals surface area contributed by atoms with E-state index in [-0.39, 0.29) is 11.1 Å². The van der Waals surface area contributed by atoms with Gasteiger partial charge < -0.3 is 15.3 Å². The molecule has 2 aromatic rings. The van der Waals surface area contributed by atoms with Crippen LogP contribution in [0.4, 0.5) is 10.2 Å². The van der Waals surface area contributed by atoms with E-state index in [2.05, 4.69) is 20.4 Å². The van der Waals surface area contributed by atoms with E-state index in [1.807, 2.05) is 6.07 Å². The SMILES string of the molecule is COCCN1CCC(N=C2Cc3c(/C(Cc4ccc(F)c(Cl)c4)=N/O)ccnc3N2)C1. The lowest BCUT2D eigenvalue weighted by Crippen LogP contribution is -2.26. The molecular weight excluding hydrogens is 421 g/mol. The Hall–Kier alpha value is -2.55. The van der Waals surface area contributed by atoms with Crippen molar-refractivity contribution in [1.82, 2.24) is 9.88 Å². The van der Waals surface area contributed by atoms with E-state index < -0.39 is 5.82 Å². The normalized spacial score (nSPS) is 20.3. The summed E-state index contributed by atoms with van der Waals surface area (Å²) >= 11 is 5.90. The maximum atomic E-state index is 13.5. The first-order valence-electron chi connectivity index (χ1n) is 10.3. The number of hydrogen-bond donors (Lipinski definition) is 2. The molecule has 2 aliphatic heterocycles. The number of benzene rings is 1. The third kappa shape index (κ3) is 5.03. The standard InChI is InChI=1S/C22H25ClFN5O2/c1-31-9-8-29-7-5-15(13-29)26-21-12-17-16(4-6-25-22(17)27-21)20(28-30)11-14-2-3-19(24)18(23)10-14/h2-4,6,10,15,30H,5,7-9,11-13H2,1H3,(H,25,26,27)/b28-20+. The lowest BCUT2D eigenvalue weighted by molar-refractivity contribution is 0.160. The topological polar surface area (TPSA) is 82.3 Å². The van der Waals surface area contributed by atoms with Gasteiger partial charge in [-0.2, -0.15) is 0 Å². The highest BCUT2D eigenvalue weighted by molar-refractivity contribution is 6.30. The number of nitrogens with zero attached hydrogens (tertiary/aromatic N) is 4. The fourth-order valence-electron chi connectivity index (χ4n) is 4.06. The zero-order valence-electron chi connectivity index (χ0n) is 17.3. The van der Waals surface area contributed by atoms with Crippen LogP contribution in [0.5, 0.6) is 0 Å². The number of nitrogens with one attached hydrogen (secondary N) is 1. The van der Waals surface area contributed by atoms with E-state index in [0.29, 0.717) is 18.6 Å². The summed E-state index contributed by atoms with van der Waals surface area (Å²) in [5.41, 5.74) is 2.96. The average molecular weight is 446 g/mol. The number of methoxy groups -OCH3 is 1. The summed E-state index contributed by atoms with van der Waals surface area (Å²) in [6.07, 6.45) is 3.60. The quantitative estimate of drug-likeness (QED) is 0.388. The minimum atomic E-state index is -0.476. The number of oxime groups is 1. The third-order valence-electron chi connectivity index (χ3n) is 5.65. The number of anilines is 1. The zero-order chi connectivity index (χ0) is 21.8.